The van der Waals surface area contributed by atoms with Crippen molar-refractivity contribution in [3.8, 4) is 0 Å². The van der Waals surface area contributed by atoms with Gasteiger partial charge in [0.2, 0.25) is 11.7 Å². The van der Waals surface area contributed by atoms with Gasteiger partial charge >= 0.3 is 36.9 Å². The fourth-order valence-electron chi connectivity index (χ4n) is 4.06. The number of nitrogen functional groups attached to an aromatic ring is 1. The van der Waals surface area contributed by atoms with Crippen LogP contribution < -0.4 is 15.9 Å². The minimum Gasteiger partial charge on any atom is -0.387 e. The maximum Gasteiger partial charge on any atom is 0.472 e. The van der Waals surface area contributed by atoms with Crippen molar-refractivity contribution < 1.29 is 94.3 Å². The van der Waals surface area contributed by atoms with Gasteiger partial charge in [0, 0.05) is 0 Å². The molecule has 25 nitrogen and oxygen atoms in total. The number of nitrogens with one attached hydrogen (secondary N) is 1. The summed E-state index contributed by atoms with van der Waals surface area (Å²) in [5.41, 5.74) is 4.93. The number of H-pyrrole nitrogens is 1. The van der Waals surface area contributed by atoms with E-state index in [1.807, 2.05) is 0 Å². The number of imidazole rings is 1. The number of aromatic nitrogens is 4. The summed E-state index contributed by atoms with van der Waals surface area (Å²) in [7, 11) is -19.8. The van der Waals surface area contributed by atoms with Crippen LogP contribution in [0.15, 0.2) is 11.1 Å². The molecular formula is C17H32N5O20P4+. The minimum absolute atomic E-state index is 0.0191. The number of hydrogen-bond acceptors (Lipinski definition) is 16. The van der Waals surface area contributed by atoms with Crippen molar-refractivity contribution in [2.75, 3.05) is 32.2 Å². The van der Waals surface area contributed by atoms with E-state index < -0.39 is 93.4 Å². The second-order valence-corrected chi connectivity index (χ2v) is 14.6. The molecule has 1 aliphatic heterocycles. The van der Waals surface area contributed by atoms with Gasteiger partial charge in [-0.05, 0) is 6.92 Å². The Bertz CT molecular complexity index is 1620. The van der Waals surface area contributed by atoms with Gasteiger partial charge in [0.05, 0.1) is 33.5 Å². The topological polar surface area (TPSA) is 375 Å². The van der Waals surface area contributed by atoms with Gasteiger partial charge < -0.3 is 50.0 Å². The van der Waals surface area contributed by atoms with Crippen molar-refractivity contribution in [2.45, 2.75) is 43.7 Å². The van der Waals surface area contributed by atoms with E-state index in [1.165, 1.54) is 24.9 Å². The van der Waals surface area contributed by atoms with E-state index in [1.54, 1.807) is 0 Å². The van der Waals surface area contributed by atoms with Crippen LogP contribution >= 0.6 is 31.3 Å². The third-order valence-electron chi connectivity index (χ3n) is 5.86. The number of aromatic amines is 1. The number of anilines is 1. The Balaban J connectivity index is 1.73. The van der Waals surface area contributed by atoms with Crippen LogP contribution in [0.1, 0.15) is 13.2 Å². The number of phosphoric ester groups is 4. The molecule has 2 aromatic rings. The number of aliphatic hydroxyl groups excluding tert-OH is 2. The Kier molecular flexibility index (Phi) is 12.6. The highest BCUT2D eigenvalue weighted by atomic mass is 31.2. The van der Waals surface area contributed by atoms with Crippen LogP contribution in [0.5, 0.6) is 0 Å². The Morgan fingerprint density at radius 2 is 1.48 bits per heavy atom. The van der Waals surface area contributed by atoms with Gasteiger partial charge in [-0.15, -0.1) is 0 Å². The van der Waals surface area contributed by atoms with Crippen molar-refractivity contribution in [1.82, 2.24) is 14.5 Å². The third-order valence-corrected chi connectivity index (χ3v) is 8.96. The van der Waals surface area contributed by atoms with Gasteiger partial charge in [-0.2, -0.15) is 0 Å². The first-order valence-corrected chi connectivity index (χ1v) is 18.6. The lowest BCUT2D eigenvalue weighted by Gasteiger charge is -2.28. The van der Waals surface area contributed by atoms with Crippen LogP contribution in [0.2, 0.25) is 0 Å². The number of aliphatic hydroxyl groups is 2. The quantitative estimate of drug-likeness (QED) is 0.0568. The molecule has 1 aliphatic rings. The zero-order valence-electron chi connectivity index (χ0n) is 23.6. The van der Waals surface area contributed by atoms with E-state index >= 15 is 0 Å². The van der Waals surface area contributed by atoms with E-state index in [2.05, 4.69) is 32.6 Å². The molecule has 1 fully saturated rings. The van der Waals surface area contributed by atoms with Crippen molar-refractivity contribution in [2.24, 2.45) is 7.05 Å². The Labute approximate surface area is 257 Å². The molecule has 0 bridgehead atoms. The zero-order valence-corrected chi connectivity index (χ0v) is 27.1. The van der Waals surface area contributed by atoms with Crippen molar-refractivity contribution in [1.29, 1.82) is 0 Å². The number of aryl methyl sites for hydroxylation is 1. The van der Waals surface area contributed by atoms with Crippen LogP contribution in [-0.2, 0) is 57.2 Å². The molecule has 2 unspecified atom stereocenters. The summed E-state index contributed by atoms with van der Waals surface area (Å²) in [6.45, 7) is -2.80. The Morgan fingerprint density at radius 3 is 1.98 bits per heavy atom. The normalized spacial score (nSPS) is 24.9. The van der Waals surface area contributed by atoms with E-state index in [4.69, 9.17) is 15.0 Å². The SMILES string of the molecule is CCOP(=O)(O)OC[C@H](OP(=O)(O)O)[C@H](COP(=O)(O)OC[C@H]1O[C@@H]([n+]2cn(C)c3c(=O)[nH]c(N)nc32)[C@H](O)[C@@H]1O)OP(=O)(O)O. The van der Waals surface area contributed by atoms with Crippen LogP contribution in [0.25, 0.3) is 11.2 Å². The summed E-state index contributed by atoms with van der Waals surface area (Å²) < 4.78 is 82.4. The summed E-state index contributed by atoms with van der Waals surface area (Å²) >= 11 is 0. The molecule has 3 rings (SSSR count). The van der Waals surface area contributed by atoms with Crippen LogP contribution in [0.3, 0.4) is 0 Å². The van der Waals surface area contributed by atoms with Gasteiger partial charge in [-0.25, -0.2) is 22.8 Å². The van der Waals surface area contributed by atoms with E-state index in [9.17, 15) is 62.6 Å². The van der Waals surface area contributed by atoms with Crippen LogP contribution in [-0.4, -0.2) is 111 Å². The van der Waals surface area contributed by atoms with Gasteiger partial charge in [-0.3, -0.25) is 41.5 Å². The summed E-state index contributed by atoms with van der Waals surface area (Å²) in [6, 6.07) is 0. The number of nitrogens with zero attached hydrogens (tertiary/aromatic N) is 3. The second-order valence-electron chi connectivity index (χ2n) is 9.31. The van der Waals surface area contributed by atoms with Crippen LogP contribution in [0.4, 0.5) is 5.95 Å². The molecule has 1 saturated heterocycles. The molecule has 0 amide bonds. The summed E-state index contributed by atoms with van der Waals surface area (Å²) in [6.07, 6.45) is -9.86. The molecule has 0 spiro atoms. The molecule has 0 saturated carbocycles. The van der Waals surface area contributed by atoms with Crippen LogP contribution in [0, 0.1) is 0 Å². The van der Waals surface area contributed by atoms with Gasteiger partial charge in [-0.1, -0.05) is 4.98 Å². The molecule has 11 N–H and O–H groups in total. The number of phosphoric acid groups is 4. The van der Waals surface area contributed by atoms with Gasteiger partial charge in [0.15, 0.2) is 6.33 Å². The molecule has 0 aliphatic carbocycles. The average Bonchev–Trinajstić information content (AvgIpc) is 3.37. The van der Waals surface area contributed by atoms with Gasteiger partial charge in [0.1, 0.15) is 30.5 Å². The minimum atomic E-state index is -5.57. The van der Waals surface area contributed by atoms with Crippen molar-refractivity contribution >= 4 is 48.4 Å². The molecule has 3 heterocycles. The highest BCUT2D eigenvalue weighted by Crippen LogP contribution is 2.49. The van der Waals surface area contributed by atoms with E-state index in [-0.39, 0.29) is 23.7 Å². The van der Waals surface area contributed by atoms with E-state index in [0.29, 0.717) is 0 Å². The summed E-state index contributed by atoms with van der Waals surface area (Å²) in [5, 5.41) is 21.1. The standard InChI is InChI=1S/C17H31N5O20P4/c1-3-36-45(32,33)37-4-8(41-43(26,27)28)9(42-44(29,30)31)5-38-46(34,35)39-6-10-12(23)13(24)16(40-10)22-7-21(2)11-14(22)19-17(18)20-15(11)25/h7-10,12-13,16,23-24H,3-6H2,1-2H3,(H8-,18,19,20,25,26,27,28,29,30,31,32,33,34,35)/p+1/t8-,9-,10+,12+,13+,16+/m0/s1. The third kappa shape index (κ3) is 10.7. The molecule has 264 valence electrons. The molecular weight excluding hydrogens is 718 g/mol. The Hall–Kier alpha value is -1.53. The molecule has 0 aromatic carbocycles. The second kappa shape index (κ2) is 14.9. The highest BCUT2D eigenvalue weighted by molar-refractivity contribution is 7.48. The van der Waals surface area contributed by atoms with Crippen molar-refractivity contribution in [3.63, 3.8) is 0 Å². The number of nitrogens with two attached hydrogens (primary N) is 1. The first kappa shape index (κ1) is 38.9. The smallest absolute Gasteiger partial charge is 0.387 e. The maximum absolute atomic E-state index is 12.6. The summed E-state index contributed by atoms with van der Waals surface area (Å²) in [5.74, 6) is -0.274. The fraction of sp³-hybridized carbons (Fsp3) is 0.706. The summed E-state index contributed by atoms with van der Waals surface area (Å²) in [4.78, 5) is 75.2. The Morgan fingerprint density at radius 1 is 0.957 bits per heavy atom. The maximum atomic E-state index is 12.6. The number of hydrogen-bond donors (Lipinski definition) is 10. The lowest BCUT2D eigenvalue weighted by molar-refractivity contribution is -0.745. The predicted octanol–water partition coefficient (Wildman–Crippen LogP) is -3.01. The largest absolute Gasteiger partial charge is 0.472 e. The zero-order chi connectivity index (χ0) is 34.8. The number of fused-ring (bicyclic) bond motifs is 1. The highest BCUT2D eigenvalue weighted by Gasteiger charge is 2.48. The molecule has 46 heavy (non-hydrogen) atoms. The molecule has 8 atom stereocenters. The van der Waals surface area contributed by atoms with Crippen molar-refractivity contribution in [3.05, 3.63) is 16.7 Å². The average molecular weight is 750 g/mol. The lowest BCUT2D eigenvalue weighted by atomic mass is 10.1. The van der Waals surface area contributed by atoms with E-state index in [0.717, 1.165) is 4.57 Å². The number of rotatable bonds is 17. The molecule has 29 heteroatoms. The lowest BCUT2D eigenvalue weighted by Crippen LogP contribution is -2.46. The fourth-order valence-corrected chi connectivity index (χ4v) is 6.64. The number of ether oxygens (including phenoxy) is 1. The van der Waals surface area contributed by atoms with Gasteiger partial charge in [0.25, 0.3) is 11.5 Å². The monoisotopic (exact) mass is 750 g/mol. The molecule has 2 aromatic heterocycles. The first-order chi connectivity index (χ1) is 21.0. The predicted molar refractivity (Wildman–Crippen MR) is 145 cm³/mol. The first-order valence-electron chi connectivity index (χ1n) is 12.5. The molecule has 0 radical (unpaired) electrons.